The summed E-state index contributed by atoms with van der Waals surface area (Å²) >= 11 is 0. The lowest BCUT2D eigenvalue weighted by Crippen LogP contribution is -2.09. The van der Waals surface area contributed by atoms with E-state index in [1.807, 2.05) is 18.2 Å². The van der Waals surface area contributed by atoms with Gasteiger partial charge >= 0.3 is 11.9 Å². The van der Waals surface area contributed by atoms with Gasteiger partial charge in [-0.15, -0.1) is 0 Å². The molecule has 0 atom stereocenters. The number of carbonyl (C=O) groups is 2. The zero-order valence-corrected chi connectivity index (χ0v) is 19.7. The molecule has 0 unspecified atom stereocenters. The van der Waals surface area contributed by atoms with Crippen LogP contribution in [0.3, 0.4) is 0 Å². The van der Waals surface area contributed by atoms with E-state index in [4.69, 9.17) is 14.2 Å². The van der Waals surface area contributed by atoms with E-state index < -0.39 is 11.9 Å². The van der Waals surface area contributed by atoms with Crippen molar-refractivity contribution in [2.75, 3.05) is 13.2 Å². The van der Waals surface area contributed by atoms with E-state index in [0.717, 1.165) is 31.4 Å². The van der Waals surface area contributed by atoms with Crippen LogP contribution in [-0.4, -0.2) is 25.2 Å². The van der Waals surface area contributed by atoms with Crippen molar-refractivity contribution in [3.05, 3.63) is 95.6 Å². The van der Waals surface area contributed by atoms with Gasteiger partial charge in [-0.3, -0.25) is 0 Å². The second-order valence-corrected chi connectivity index (χ2v) is 8.07. The molecule has 5 heteroatoms. The van der Waals surface area contributed by atoms with Gasteiger partial charge in [0.1, 0.15) is 11.5 Å². The van der Waals surface area contributed by atoms with E-state index in [9.17, 15) is 9.59 Å². The second-order valence-electron chi connectivity index (χ2n) is 8.07. The molecule has 178 valence electrons. The minimum atomic E-state index is -0.467. The Kier molecular flexibility index (Phi) is 10.2. The number of aryl methyl sites for hydroxylation is 1. The van der Waals surface area contributed by atoms with Crippen molar-refractivity contribution in [3.63, 3.8) is 0 Å². The number of unbranched alkanes of at least 4 members (excludes halogenated alkanes) is 3. The third-order valence-electron chi connectivity index (χ3n) is 5.34. The summed E-state index contributed by atoms with van der Waals surface area (Å²) < 4.78 is 16.5. The van der Waals surface area contributed by atoms with Gasteiger partial charge in [-0.1, -0.05) is 56.5 Å². The van der Waals surface area contributed by atoms with Crippen LogP contribution in [0, 0.1) is 0 Å². The van der Waals surface area contributed by atoms with Gasteiger partial charge in [0.05, 0.1) is 24.3 Å². The van der Waals surface area contributed by atoms with Crippen LogP contribution in [-0.2, 0) is 11.2 Å². The zero-order chi connectivity index (χ0) is 24.0. The number of hydrogen-bond donors (Lipinski definition) is 0. The third-order valence-corrected chi connectivity index (χ3v) is 5.34. The van der Waals surface area contributed by atoms with Crippen molar-refractivity contribution in [2.45, 2.75) is 45.4 Å². The first-order valence-corrected chi connectivity index (χ1v) is 11.9. The zero-order valence-electron chi connectivity index (χ0n) is 19.7. The fraction of sp³-hybridized carbons (Fsp3) is 0.310. The number of benzene rings is 3. The van der Waals surface area contributed by atoms with Crippen LogP contribution in [0.25, 0.3) is 0 Å². The van der Waals surface area contributed by atoms with Gasteiger partial charge in [0.2, 0.25) is 0 Å². The van der Waals surface area contributed by atoms with Gasteiger partial charge < -0.3 is 14.2 Å². The van der Waals surface area contributed by atoms with Crippen LogP contribution in [0.5, 0.6) is 11.5 Å². The summed E-state index contributed by atoms with van der Waals surface area (Å²) in [6.07, 6.45) is 6.20. The molecule has 0 saturated heterocycles. The normalized spacial score (nSPS) is 10.5. The molecule has 0 aromatic heterocycles. The topological polar surface area (TPSA) is 61.8 Å². The summed E-state index contributed by atoms with van der Waals surface area (Å²) in [5.41, 5.74) is 2.06. The third kappa shape index (κ3) is 8.39. The Balaban J connectivity index is 1.40. The minimum absolute atomic E-state index is 0.350. The summed E-state index contributed by atoms with van der Waals surface area (Å²) in [5.74, 6) is 0.239. The Labute approximate surface area is 201 Å². The Morgan fingerprint density at radius 3 is 1.97 bits per heavy atom. The molecule has 0 spiro atoms. The SMILES string of the molecule is CCCCCCOc1ccc(C(=O)Oc2ccc(C(=O)OCCCc3ccccc3)cc2)cc1. The average Bonchev–Trinajstić information content (AvgIpc) is 2.88. The first-order valence-electron chi connectivity index (χ1n) is 11.9. The molecular weight excluding hydrogens is 428 g/mol. The Morgan fingerprint density at radius 2 is 1.29 bits per heavy atom. The number of hydrogen-bond acceptors (Lipinski definition) is 5. The van der Waals surface area contributed by atoms with Crippen molar-refractivity contribution in [3.8, 4) is 11.5 Å². The Bertz CT molecular complexity index is 1010. The molecule has 0 aliphatic heterocycles. The molecule has 0 radical (unpaired) electrons. The molecular formula is C29H32O5. The average molecular weight is 461 g/mol. The molecule has 0 bridgehead atoms. The minimum Gasteiger partial charge on any atom is -0.494 e. The van der Waals surface area contributed by atoms with Crippen LogP contribution in [0.4, 0.5) is 0 Å². The summed E-state index contributed by atoms with van der Waals surface area (Å²) in [6, 6.07) is 23.4. The summed E-state index contributed by atoms with van der Waals surface area (Å²) in [5, 5.41) is 0. The van der Waals surface area contributed by atoms with Gasteiger partial charge in [-0.2, -0.15) is 0 Å². The van der Waals surface area contributed by atoms with E-state index in [-0.39, 0.29) is 0 Å². The summed E-state index contributed by atoms with van der Waals surface area (Å²) in [6.45, 7) is 3.20. The lowest BCUT2D eigenvalue weighted by molar-refractivity contribution is 0.0500. The fourth-order valence-electron chi connectivity index (χ4n) is 3.40. The van der Waals surface area contributed by atoms with Crippen LogP contribution in [0.2, 0.25) is 0 Å². The van der Waals surface area contributed by atoms with Crippen LogP contribution < -0.4 is 9.47 Å². The molecule has 3 aromatic rings. The van der Waals surface area contributed by atoms with Gasteiger partial charge in [0.15, 0.2) is 0 Å². The Hall–Kier alpha value is -3.60. The lowest BCUT2D eigenvalue weighted by Gasteiger charge is -2.08. The standard InChI is InChI=1S/C29H32O5/c1-2-3-4-8-21-32-26-17-13-25(14-18-26)29(31)34-27-19-15-24(16-20-27)28(30)33-22-9-12-23-10-6-5-7-11-23/h5-7,10-11,13-20H,2-4,8-9,12,21-22H2,1H3. The van der Waals surface area contributed by atoms with Crippen molar-refractivity contribution >= 4 is 11.9 Å². The monoisotopic (exact) mass is 460 g/mol. The molecule has 3 aromatic carbocycles. The van der Waals surface area contributed by atoms with E-state index in [0.29, 0.717) is 30.1 Å². The molecule has 34 heavy (non-hydrogen) atoms. The van der Waals surface area contributed by atoms with Gasteiger partial charge in [0.25, 0.3) is 0 Å². The molecule has 0 saturated carbocycles. The molecule has 0 fully saturated rings. The highest BCUT2D eigenvalue weighted by molar-refractivity contribution is 5.92. The summed E-state index contributed by atoms with van der Waals surface area (Å²) in [4.78, 5) is 24.6. The maximum atomic E-state index is 12.4. The number of ether oxygens (including phenoxy) is 3. The summed E-state index contributed by atoms with van der Waals surface area (Å²) in [7, 11) is 0. The molecule has 0 heterocycles. The largest absolute Gasteiger partial charge is 0.494 e. The highest BCUT2D eigenvalue weighted by atomic mass is 16.5. The van der Waals surface area contributed by atoms with E-state index in [2.05, 4.69) is 19.1 Å². The van der Waals surface area contributed by atoms with Gasteiger partial charge in [-0.05, 0) is 73.4 Å². The lowest BCUT2D eigenvalue weighted by atomic mass is 10.1. The number of carbonyl (C=O) groups excluding carboxylic acids is 2. The van der Waals surface area contributed by atoms with Crippen molar-refractivity contribution in [1.82, 2.24) is 0 Å². The van der Waals surface area contributed by atoms with E-state index in [1.165, 1.54) is 18.4 Å². The predicted octanol–water partition coefficient (Wildman–Crippen LogP) is 6.65. The van der Waals surface area contributed by atoms with Crippen LogP contribution in [0.15, 0.2) is 78.9 Å². The number of esters is 2. The first kappa shape index (κ1) is 25.0. The van der Waals surface area contributed by atoms with Crippen molar-refractivity contribution in [1.29, 1.82) is 0 Å². The van der Waals surface area contributed by atoms with Gasteiger partial charge in [0, 0.05) is 0 Å². The first-order chi connectivity index (χ1) is 16.7. The van der Waals surface area contributed by atoms with E-state index in [1.54, 1.807) is 48.5 Å². The highest BCUT2D eigenvalue weighted by Gasteiger charge is 2.11. The predicted molar refractivity (Wildman–Crippen MR) is 133 cm³/mol. The van der Waals surface area contributed by atoms with Crippen LogP contribution >= 0.6 is 0 Å². The molecule has 0 aliphatic rings. The van der Waals surface area contributed by atoms with Crippen molar-refractivity contribution in [2.24, 2.45) is 0 Å². The molecule has 0 aliphatic carbocycles. The smallest absolute Gasteiger partial charge is 0.343 e. The highest BCUT2D eigenvalue weighted by Crippen LogP contribution is 2.18. The second kappa shape index (κ2) is 13.8. The molecule has 3 rings (SSSR count). The van der Waals surface area contributed by atoms with Crippen molar-refractivity contribution < 1.29 is 23.8 Å². The maximum absolute atomic E-state index is 12.4. The van der Waals surface area contributed by atoms with Gasteiger partial charge in [-0.25, -0.2) is 9.59 Å². The fourth-order valence-corrected chi connectivity index (χ4v) is 3.40. The molecule has 5 nitrogen and oxygen atoms in total. The van der Waals surface area contributed by atoms with E-state index >= 15 is 0 Å². The number of rotatable bonds is 13. The van der Waals surface area contributed by atoms with Crippen LogP contribution in [0.1, 0.15) is 65.3 Å². The molecule has 0 N–H and O–H groups in total. The quantitative estimate of drug-likeness (QED) is 0.162. The molecule has 0 amide bonds. The maximum Gasteiger partial charge on any atom is 0.343 e. The Morgan fingerprint density at radius 1 is 0.647 bits per heavy atom.